The third kappa shape index (κ3) is 4.19. The van der Waals surface area contributed by atoms with Crippen LogP contribution >= 0.6 is 15.9 Å². The highest BCUT2D eigenvalue weighted by Gasteiger charge is 2.07. The van der Waals surface area contributed by atoms with Gasteiger partial charge in [0.2, 0.25) is 0 Å². The van der Waals surface area contributed by atoms with E-state index in [0.717, 1.165) is 5.56 Å². The van der Waals surface area contributed by atoms with Crippen LogP contribution in [0, 0.1) is 12.7 Å². The van der Waals surface area contributed by atoms with Gasteiger partial charge in [0, 0.05) is 0 Å². The minimum Gasteiger partial charge on any atom is -0.484 e. The number of rotatable bonds is 4. The Labute approximate surface area is 130 Å². The molecule has 0 aliphatic rings. The van der Waals surface area contributed by atoms with E-state index in [-0.39, 0.29) is 22.8 Å². The van der Waals surface area contributed by atoms with Gasteiger partial charge >= 0.3 is 0 Å². The van der Waals surface area contributed by atoms with Gasteiger partial charge in [0.15, 0.2) is 6.61 Å². The van der Waals surface area contributed by atoms with Crippen LogP contribution in [-0.4, -0.2) is 12.5 Å². The third-order valence-corrected chi connectivity index (χ3v) is 3.35. The molecule has 0 saturated heterocycles. The van der Waals surface area contributed by atoms with Crippen LogP contribution in [0.15, 0.2) is 40.9 Å². The van der Waals surface area contributed by atoms with E-state index >= 15 is 0 Å². The molecule has 1 amide bonds. The van der Waals surface area contributed by atoms with E-state index in [4.69, 9.17) is 10.5 Å². The fraction of sp³-hybridized carbons (Fsp3) is 0.133. The van der Waals surface area contributed by atoms with E-state index in [1.54, 1.807) is 12.1 Å². The number of nitrogens with one attached hydrogen (secondary N) is 1. The highest BCUT2D eigenvalue weighted by atomic mass is 79.9. The molecule has 2 rings (SSSR count). The minimum atomic E-state index is -0.390. The second kappa shape index (κ2) is 6.58. The van der Waals surface area contributed by atoms with Crippen LogP contribution in [0.4, 0.5) is 15.8 Å². The molecule has 0 saturated carbocycles. The molecule has 2 aromatic rings. The van der Waals surface area contributed by atoms with Crippen LogP contribution in [0.3, 0.4) is 0 Å². The average Bonchev–Trinajstić information content (AvgIpc) is 2.43. The van der Waals surface area contributed by atoms with Gasteiger partial charge in [-0.05, 0) is 58.7 Å². The lowest BCUT2D eigenvalue weighted by molar-refractivity contribution is -0.118. The van der Waals surface area contributed by atoms with Gasteiger partial charge in [-0.2, -0.15) is 0 Å². The summed E-state index contributed by atoms with van der Waals surface area (Å²) in [4.78, 5) is 11.8. The van der Waals surface area contributed by atoms with Crippen LogP contribution in [0.25, 0.3) is 0 Å². The second-order valence-corrected chi connectivity index (χ2v) is 5.36. The molecule has 0 fully saturated rings. The molecule has 0 bridgehead atoms. The summed E-state index contributed by atoms with van der Waals surface area (Å²) in [6.07, 6.45) is 0. The smallest absolute Gasteiger partial charge is 0.262 e. The Balaban J connectivity index is 1.94. The van der Waals surface area contributed by atoms with Gasteiger partial charge in [-0.3, -0.25) is 4.79 Å². The van der Waals surface area contributed by atoms with Crippen LogP contribution < -0.4 is 15.8 Å². The van der Waals surface area contributed by atoms with Gasteiger partial charge in [0.1, 0.15) is 11.6 Å². The van der Waals surface area contributed by atoms with E-state index in [1.165, 1.54) is 18.2 Å². The number of amides is 1. The number of carbonyl (C=O) groups is 1. The molecular formula is C15H14BrFN2O2. The SMILES string of the molecule is Cc1ccc(NC(=O)COc2ccc(F)c(Br)c2)c(N)c1. The van der Waals surface area contributed by atoms with Gasteiger partial charge in [0.25, 0.3) is 5.91 Å². The molecule has 0 heterocycles. The number of anilines is 2. The predicted octanol–water partition coefficient (Wildman–Crippen LogP) is 3.50. The van der Waals surface area contributed by atoms with Crippen molar-refractivity contribution in [2.75, 3.05) is 17.7 Å². The Morgan fingerprint density at radius 3 is 2.76 bits per heavy atom. The third-order valence-electron chi connectivity index (χ3n) is 2.74. The maximum atomic E-state index is 13.1. The molecule has 0 unspecified atom stereocenters. The zero-order valence-electron chi connectivity index (χ0n) is 11.3. The van der Waals surface area contributed by atoms with Crippen molar-refractivity contribution in [1.29, 1.82) is 0 Å². The lowest BCUT2D eigenvalue weighted by Crippen LogP contribution is -2.20. The molecule has 0 aliphatic heterocycles. The Kier molecular flexibility index (Phi) is 4.80. The van der Waals surface area contributed by atoms with Gasteiger partial charge in [-0.15, -0.1) is 0 Å². The molecule has 4 nitrogen and oxygen atoms in total. The summed E-state index contributed by atoms with van der Waals surface area (Å²) in [7, 11) is 0. The summed E-state index contributed by atoms with van der Waals surface area (Å²) in [6.45, 7) is 1.73. The summed E-state index contributed by atoms with van der Waals surface area (Å²) >= 11 is 3.05. The number of ether oxygens (including phenoxy) is 1. The van der Waals surface area contributed by atoms with Gasteiger partial charge < -0.3 is 15.8 Å². The quantitative estimate of drug-likeness (QED) is 0.827. The summed E-state index contributed by atoms with van der Waals surface area (Å²) in [5.74, 6) is -0.333. The molecule has 0 spiro atoms. The Hall–Kier alpha value is -2.08. The summed E-state index contributed by atoms with van der Waals surface area (Å²) < 4.78 is 18.6. The van der Waals surface area contributed by atoms with Gasteiger partial charge in [-0.1, -0.05) is 6.07 Å². The van der Waals surface area contributed by atoms with Crippen LogP contribution in [0.1, 0.15) is 5.56 Å². The summed E-state index contributed by atoms with van der Waals surface area (Å²) in [5.41, 5.74) is 7.85. The van der Waals surface area contributed by atoms with E-state index in [0.29, 0.717) is 17.1 Å². The molecule has 3 N–H and O–H groups in total. The topological polar surface area (TPSA) is 64.3 Å². The standard InChI is InChI=1S/C15H14BrFN2O2/c1-9-2-5-14(13(18)6-9)19-15(20)8-21-10-3-4-12(17)11(16)7-10/h2-7H,8,18H2,1H3,(H,19,20). The lowest BCUT2D eigenvalue weighted by Gasteiger charge is -2.10. The number of hydrogen-bond donors (Lipinski definition) is 2. The van der Waals surface area contributed by atoms with E-state index < -0.39 is 0 Å². The number of hydrogen-bond acceptors (Lipinski definition) is 3. The van der Waals surface area contributed by atoms with Crippen molar-refractivity contribution in [3.05, 3.63) is 52.3 Å². The molecular weight excluding hydrogens is 339 g/mol. The van der Waals surface area contributed by atoms with Crippen molar-refractivity contribution in [3.8, 4) is 5.75 Å². The molecule has 0 aromatic heterocycles. The maximum Gasteiger partial charge on any atom is 0.262 e. The summed E-state index contributed by atoms with van der Waals surface area (Å²) in [6, 6.07) is 9.53. The molecule has 0 aliphatic carbocycles. The molecule has 110 valence electrons. The van der Waals surface area contributed by atoms with Crippen molar-refractivity contribution in [2.45, 2.75) is 6.92 Å². The predicted molar refractivity (Wildman–Crippen MR) is 83.8 cm³/mol. The van der Waals surface area contributed by atoms with Gasteiger partial charge in [-0.25, -0.2) is 4.39 Å². The van der Waals surface area contributed by atoms with Crippen LogP contribution in [0.2, 0.25) is 0 Å². The fourth-order valence-electron chi connectivity index (χ4n) is 1.70. The van der Waals surface area contributed by atoms with Crippen molar-refractivity contribution in [3.63, 3.8) is 0 Å². The van der Waals surface area contributed by atoms with Gasteiger partial charge in [0.05, 0.1) is 15.8 Å². The van der Waals surface area contributed by atoms with Crippen molar-refractivity contribution in [1.82, 2.24) is 0 Å². The Morgan fingerprint density at radius 1 is 1.33 bits per heavy atom. The van der Waals surface area contributed by atoms with E-state index in [2.05, 4.69) is 21.2 Å². The van der Waals surface area contributed by atoms with Crippen LogP contribution in [-0.2, 0) is 4.79 Å². The van der Waals surface area contributed by atoms with Crippen LogP contribution in [0.5, 0.6) is 5.75 Å². The first-order valence-corrected chi connectivity index (χ1v) is 6.99. The largest absolute Gasteiger partial charge is 0.484 e. The Morgan fingerprint density at radius 2 is 2.10 bits per heavy atom. The number of halogens is 2. The number of benzene rings is 2. The molecule has 2 aromatic carbocycles. The first-order valence-electron chi connectivity index (χ1n) is 6.19. The normalized spacial score (nSPS) is 10.2. The van der Waals surface area contributed by atoms with Crippen molar-refractivity contribution >= 4 is 33.2 Å². The fourth-order valence-corrected chi connectivity index (χ4v) is 2.06. The molecule has 6 heteroatoms. The second-order valence-electron chi connectivity index (χ2n) is 4.50. The highest BCUT2D eigenvalue weighted by molar-refractivity contribution is 9.10. The first kappa shape index (κ1) is 15.3. The molecule has 0 radical (unpaired) electrons. The monoisotopic (exact) mass is 352 g/mol. The number of carbonyl (C=O) groups excluding carboxylic acids is 1. The van der Waals surface area contributed by atoms with E-state index in [9.17, 15) is 9.18 Å². The maximum absolute atomic E-state index is 13.1. The van der Waals surface area contributed by atoms with E-state index in [1.807, 2.05) is 13.0 Å². The minimum absolute atomic E-state index is 0.189. The van der Waals surface area contributed by atoms with Crippen molar-refractivity contribution < 1.29 is 13.9 Å². The summed E-state index contributed by atoms with van der Waals surface area (Å²) in [5, 5.41) is 2.66. The van der Waals surface area contributed by atoms with Crippen molar-refractivity contribution in [2.24, 2.45) is 0 Å². The lowest BCUT2D eigenvalue weighted by atomic mass is 10.2. The first-order chi connectivity index (χ1) is 9.95. The average molecular weight is 353 g/mol. The Bertz CT molecular complexity index is 677. The highest BCUT2D eigenvalue weighted by Crippen LogP contribution is 2.22. The molecule has 0 atom stereocenters. The number of nitrogens with two attached hydrogens (primary N) is 1. The number of aryl methyl sites for hydroxylation is 1. The zero-order chi connectivity index (χ0) is 15.4. The zero-order valence-corrected chi connectivity index (χ0v) is 12.9. The number of nitrogen functional groups attached to an aromatic ring is 1. The molecule has 21 heavy (non-hydrogen) atoms.